The molecule has 1 heterocycles. The van der Waals surface area contributed by atoms with Gasteiger partial charge < -0.3 is 15.0 Å². The molecule has 2 amide bonds. The number of nitrogens with zero attached hydrogens (tertiary/aromatic N) is 1. The average molecular weight is 415 g/mol. The molecule has 158 valence electrons. The van der Waals surface area contributed by atoms with Crippen LogP contribution in [0.1, 0.15) is 15.9 Å². The van der Waals surface area contributed by atoms with E-state index in [4.69, 9.17) is 4.74 Å². The third-order valence-corrected chi connectivity index (χ3v) is 5.61. The lowest BCUT2D eigenvalue weighted by Crippen LogP contribution is -2.37. The van der Waals surface area contributed by atoms with Crippen molar-refractivity contribution < 1.29 is 14.3 Å². The number of nitrogens with one attached hydrogen (secondary N) is 1. The highest BCUT2D eigenvalue weighted by Gasteiger charge is 2.28. The normalized spacial score (nSPS) is 16.4. The number of ether oxygens (including phenoxy) is 1. The first-order valence-electron chi connectivity index (χ1n) is 10.5. The largest absolute Gasteiger partial charge is 0.497 e. The highest BCUT2D eigenvalue weighted by molar-refractivity contribution is 5.94. The van der Waals surface area contributed by atoms with Crippen LogP contribution in [0.25, 0.3) is 11.1 Å². The molecule has 0 bridgehead atoms. The zero-order chi connectivity index (χ0) is 21.6. The maximum atomic E-state index is 12.9. The van der Waals surface area contributed by atoms with E-state index in [-0.39, 0.29) is 17.7 Å². The second-order valence-electron chi connectivity index (χ2n) is 7.74. The summed E-state index contributed by atoms with van der Waals surface area (Å²) >= 11 is 0. The Bertz CT molecular complexity index is 1070. The molecule has 4 rings (SSSR count). The number of hydrogen-bond donors (Lipinski definition) is 1. The van der Waals surface area contributed by atoms with E-state index < -0.39 is 0 Å². The first-order chi connectivity index (χ1) is 15.1. The van der Waals surface area contributed by atoms with Gasteiger partial charge in [0.25, 0.3) is 5.91 Å². The van der Waals surface area contributed by atoms with E-state index in [9.17, 15) is 9.59 Å². The summed E-state index contributed by atoms with van der Waals surface area (Å²) in [5, 5.41) is 2.96. The van der Waals surface area contributed by atoms with E-state index >= 15 is 0 Å². The highest BCUT2D eigenvalue weighted by atomic mass is 16.5. The second kappa shape index (κ2) is 9.47. The van der Waals surface area contributed by atoms with Gasteiger partial charge in [-0.05, 0) is 47.4 Å². The molecule has 1 saturated heterocycles. The number of carbonyl (C=O) groups is 2. The summed E-state index contributed by atoms with van der Waals surface area (Å²) in [5.74, 6) is 0.471. The summed E-state index contributed by atoms with van der Waals surface area (Å²) < 4.78 is 5.34. The zero-order valence-corrected chi connectivity index (χ0v) is 17.6. The number of hydrogen-bond acceptors (Lipinski definition) is 3. The molecule has 1 N–H and O–H groups in total. The Balaban J connectivity index is 1.53. The van der Waals surface area contributed by atoms with Crippen LogP contribution in [-0.4, -0.2) is 43.5 Å². The van der Waals surface area contributed by atoms with Gasteiger partial charge in [0.1, 0.15) is 5.75 Å². The molecule has 0 aliphatic carbocycles. The van der Waals surface area contributed by atoms with E-state index in [0.29, 0.717) is 31.6 Å². The van der Waals surface area contributed by atoms with Crippen LogP contribution in [0.15, 0.2) is 78.9 Å². The van der Waals surface area contributed by atoms with Crippen molar-refractivity contribution in [1.82, 2.24) is 10.2 Å². The van der Waals surface area contributed by atoms with Gasteiger partial charge in [0.2, 0.25) is 5.91 Å². The predicted octanol–water partition coefficient (Wildman–Crippen LogP) is 3.79. The minimum absolute atomic E-state index is 0.00450. The fraction of sp³-hybridized carbons (Fsp3) is 0.231. The van der Waals surface area contributed by atoms with E-state index in [0.717, 1.165) is 22.4 Å². The van der Waals surface area contributed by atoms with E-state index in [1.165, 1.54) is 0 Å². The fourth-order valence-electron chi connectivity index (χ4n) is 3.97. The average Bonchev–Trinajstić information content (AvgIpc) is 3.00. The quantitative estimate of drug-likeness (QED) is 0.691. The number of amides is 2. The molecule has 0 saturated carbocycles. The van der Waals surface area contributed by atoms with Crippen LogP contribution in [0.4, 0.5) is 0 Å². The van der Waals surface area contributed by atoms with E-state index in [1.54, 1.807) is 12.0 Å². The summed E-state index contributed by atoms with van der Waals surface area (Å²) in [5.41, 5.74) is 3.85. The molecule has 1 atom stereocenters. The first kappa shape index (κ1) is 20.7. The van der Waals surface area contributed by atoms with Crippen LogP contribution in [0.3, 0.4) is 0 Å². The van der Waals surface area contributed by atoms with Crippen molar-refractivity contribution in [2.45, 2.75) is 6.42 Å². The highest BCUT2D eigenvalue weighted by Crippen LogP contribution is 2.26. The summed E-state index contributed by atoms with van der Waals surface area (Å²) in [4.78, 5) is 27.4. The zero-order valence-electron chi connectivity index (χ0n) is 17.6. The smallest absolute Gasteiger partial charge is 0.253 e. The molecule has 5 heteroatoms. The van der Waals surface area contributed by atoms with Crippen LogP contribution in [0.5, 0.6) is 5.75 Å². The van der Waals surface area contributed by atoms with Gasteiger partial charge in [-0.25, -0.2) is 0 Å². The van der Waals surface area contributed by atoms with Crippen LogP contribution in [0.2, 0.25) is 0 Å². The molecule has 0 aromatic heterocycles. The minimum atomic E-state index is -0.296. The molecule has 1 fully saturated rings. The molecule has 0 spiro atoms. The van der Waals surface area contributed by atoms with E-state index in [2.05, 4.69) is 17.4 Å². The Kier molecular flexibility index (Phi) is 6.32. The molecular formula is C26H26N2O3. The number of methoxy groups -OCH3 is 1. The number of benzene rings is 3. The Morgan fingerprint density at radius 3 is 2.52 bits per heavy atom. The van der Waals surface area contributed by atoms with Crippen molar-refractivity contribution in [3.63, 3.8) is 0 Å². The van der Waals surface area contributed by atoms with Gasteiger partial charge in [-0.3, -0.25) is 9.59 Å². The monoisotopic (exact) mass is 414 g/mol. The SMILES string of the molecule is COc1cccc(-c2cccc(C[C@@H]3CN(C(=O)c4ccccc4)CCNC3=O)c2)c1. The van der Waals surface area contributed by atoms with Gasteiger partial charge in [-0.15, -0.1) is 0 Å². The van der Waals surface area contributed by atoms with Crippen molar-refractivity contribution in [3.05, 3.63) is 90.0 Å². The van der Waals surface area contributed by atoms with Crippen LogP contribution >= 0.6 is 0 Å². The fourth-order valence-corrected chi connectivity index (χ4v) is 3.97. The van der Waals surface area contributed by atoms with Crippen molar-refractivity contribution in [2.24, 2.45) is 5.92 Å². The molecule has 0 radical (unpaired) electrons. The molecule has 1 aliphatic heterocycles. The van der Waals surface area contributed by atoms with Crippen molar-refractivity contribution >= 4 is 11.8 Å². The van der Waals surface area contributed by atoms with Crippen LogP contribution in [0, 0.1) is 5.92 Å². The third kappa shape index (κ3) is 4.94. The lowest BCUT2D eigenvalue weighted by atomic mass is 9.95. The minimum Gasteiger partial charge on any atom is -0.497 e. The Morgan fingerprint density at radius 1 is 1.00 bits per heavy atom. The van der Waals surface area contributed by atoms with Crippen LogP contribution < -0.4 is 10.1 Å². The lowest BCUT2D eigenvalue weighted by molar-refractivity contribution is -0.124. The Labute approximate surface area is 182 Å². The predicted molar refractivity (Wildman–Crippen MR) is 121 cm³/mol. The van der Waals surface area contributed by atoms with E-state index in [1.807, 2.05) is 66.7 Å². The standard InChI is InChI=1S/C26H26N2O3/c1-31-24-12-6-11-22(17-24)21-10-5-7-19(15-21)16-23-18-28(14-13-27-25(23)29)26(30)20-8-3-2-4-9-20/h2-12,15,17,23H,13-14,16,18H2,1H3,(H,27,29)/t23-/m1/s1. The summed E-state index contributed by atoms with van der Waals surface area (Å²) in [6.07, 6.45) is 0.572. The molecule has 5 nitrogen and oxygen atoms in total. The van der Waals surface area contributed by atoms with Crippen LogP contribution in [-0.2, 0) is 11.2 Å². The lowest BCUT2D eigenvalue weighted by Gasteiger charge is -2.23. The molecule has 3 aromatic rings. The molecular weight excluding hydrogens is 388 g/mol. The summed E-state index contributed by atoms with van der Waals surface area (Å²) in [7, 11) is 1.66. The van der Waals surface area contributed by atoms with Crippen molar-refractivity contribution in [3.8, 4) is 16.9 Å². The second-order valence-corrected chi connectivity index (χ2v) is 7.74. The van der Waals surface area contributed by atoms with Crippen molar-refractivity contribution in [1.29, 1.82) is 0 Å². The number of rotatable bonds is 5. The first-order valence-corrected chi connectivity index (χ1v) is 10.5. The van der Waals surface area contributed by atoms with Gasteiger partial charge in [-0.1, -0.05) is 54.6 Å². The number of carbonyl (C=O) groups excluding carboxylic acids is 2. The van der Waals surface area contributed by atoms with Gasteiger partial charge in [0.15, 0.2) is 0 Å². The molecule has 0 unspecified atom stereocenters. The molecule has 31 heavy (non-hydrogen) atoms. The third-order valence-electron chi connectivity index (χ3n) is 5.61. The van der Waals surface area contributed by atoms with Gasteiger partial charge >= 0.3 is 0 Å². The summed E-state index contributed by atoms with van der Waals surface area (Å²) in [6.45, 7) is 1.39. The maximum Gasteiger partial charge on any atom is 0.253 e. The van der Waals surface area contributed by atoms with Gasteiger partial charge in [-0.2, -0.15) is 0 Å². The Morgan fingerprint density at radius 2 is 1.74 bits per heavy atom. The van der Waals surface area contributed by atoms with Crippen molar-refractivity contribution in [2.75, 3.05) is 26.7 Å². The molecule has 3 aromatic carbocycles. The topological polar surface area (TPSA) is 58.6 Å². The van der Waals surface area contributed by atoms with Gasteiger partial charge in [0, 0.05) is 25.2 Å². The Hall–Kier alpha value is -3.60. The maximum absolute atomic E-state index is 12.9. The summed E-state index contributed by atoms with van der Waals surface area (Å²) in [6, 6.07) is 25.4. The van der Waals surface area contributed by atoms with Gasteiger partial charge in [0.05, 0.1) is 13.0 Å². The molecule has 1 aliphatic rings.